The average Bonchev–Trinajstić information content (AvgIpc) is 2.25. The molecule has 0 radical (unpaired) electrons. The molecule has 4 nitrogen and oxygen atoms in total. The Kier molecular flexibility index (Phi) is 4.65. The molecule has 0 aliphatic carbocycles. The number of hydrogen-bond acceptors (Lipinski definition) is 4. The van der Waals surface area contributed by atoms with Gasteiger partial charge in [0.1, 0.15) is 10.7 Å². The van der Waals surface area contributed by atoms with E-state index >= 15 is 0 Å². The van der Waals surface area contributed by atoms with E-state index in [0.29, 0.717) is 11.8 Å². The number of primary sulfonamides is 1. The van der Waals surface area contributed by atoms with Gasteiger partial charge in [0.05, 0.1) is 11.5 Å². The summed E-state index contributed by atoms with van der Waals surface area (Å²) in [6.07, 6.45) is 0. The highest BCUT2D eigenvalue weighted by molar-refractivity contribution is 7.99. The molecule has 1 aromatic carbocycles. The van der Waals surface area contributed by atoms with Crippen LogP contribution in [-0.4, -0.2) is 25.9 Å². The van der Waals surface area contributed by atoms with Crippen molar-refractivity contribution < 1.29 is 26.7 Å². The highest BCUT2D eigenvalue weighted by atomic mass is 32.2. The number of nitrogens with two attached hydrogens (primary N) is 1. The van der Waals surface area contributed by atoms with Crippen molar-refractivity contribution in [2.24, 2.45) is 5.14 Å². The van der Waals surface area contributed by atoms with Crippen molar-refractivity contribution in [2.45, 2.75) is 16.7 Å². The first-order chi connectivity index (χ1) is 8.21. The molecule has 0 aliphatic heterocycles. The standard InChI is InChI=1S/C9H10F3NO3S2/c1-4-5(10)8(17-3-2-14)6(11)7(12)9(4)18(13,15)16/h14H,2-3H2,1H3,(H2,13,15,16). The van der Waals surface area contributed by atoms with Gasteiger partial charge in [0, 0.05) is 11.3 Å². The van der Waals surface area contributed by atoms with Crippen molar-refractivity contribution in [1.82, 2.24) is 0 Å². The molecule has 0 aliphatic rings. The fraction of sp³-hybridized carbons (Fsp3) is 0.333. The van der Waals surface area contributed by atoms with E-state index in [2.05, 4.69) is 0 Å². The van der Waals surface area contributed by atoms with Crippen LogP contribution in [0.3, 0.4) is 0 Å². The summed E-state index contributed by atoms with van der Waals surface area (Å²) in [7, 11) is -4.56. The Hall–Kier alpha value is -0.770. The Morgan fingerprint density at radius 3 is 2.22 bits per heavy atom. The van der Waals surface area contributed by atoms with Crippen LogP contribution < -0.4 is 5.14 Å². The second-order valence-electron chi connectivity index (χ2n) is 3.34. The highest BCUT2D eigenvalue weighted by Gasteiger charge is 2.28. The fourth-order valence-electron chi connectivity index (χ4n) is 1.34. The fourth-order valence-corrected chi connectivity index (χ4v) is 2.99. The van der Waals surface area contributed by atoms with Crippen LogP contribution >= 0.6 is 11.8 Å². The summed E-state index contributed by atoms with van der Waals surface area (Å²) in [5.74, 6) is -4.59. The van der Waals surface area contributed by atoms with Crippen LogP contribution in [0.2, 0.25) is 0 Å². The first kappa shape index (κ1) is 15.3. The highest BCUT2D eigenvalue weighted by Crippen LogP contribution is 2.33. The maximum absolute atomic E-state index is 13.7. The Morgan fingerprint density at radius 2 is 1.78 bits per heavy atom. The number of benzene rings is 1. The minimum absolute atomic E-state index is 0.0541. The number of halogens is 3. The molecule has 0 saturated carbocycles. The summed E-state index contributed by atoms with van der Waals surface area (Å²) in [6.45, 7) is 0.627. The summed E-state index contributed by atoms with van der Waals surface area (Å²) >= 11 is 0.546. The van der Waals surface area contributed by atoms with Gasteiger partial charge in [-0.1, -0.05) is 0 Å². The molecule has 0 atom stereocenters. The summed E-state index contributed by atoms with van der Waals surface area (Å²) in [6, 6.07) is 0. The molecular weight excluding hydrogens is 291 g/mol. The molecule has 0 saturated heterocycles. The molecule has 0 fully saturated rings. The van der Waals surface area contributed by atoms with Crippen molar-refractivity contribution in [1.29, 1.82) is 0 Å². The molecule has 0 heterocycles. The minimum atomic E-state index is -4.56. The predicted molar refractivity (Wildman–Crippen MR) is 60.2 cm³/mol. The van der Waals surface area contributed by atoms with Crippen LogP contribution in [0.1, 0.15) is 5.56 Å². The van der Waals surface area contributed by atoms with Gasteiger partial charge in [-0.05, 0) is 6.92 Å². The van der Waals surface area contributed by atoms with Crippen LogP contribution in [0.15, 0.2) is 9.79 Å². The van der Waals surface area contributed by atoms with Gasteiger partial charge in [0.25, 0.3) is 0 Å². The van der Waals surface area contributed by atoms with Gasteiger partial charge < -0.3 is 5.11 Å². The third-order valence-corrected chi connectivity index (χ3v) is 4.17. The van der Waals surface area contributed by atoms with E-state index in [4.69, 9.17) is 10.2 Å². The number of aliphatic hydroxyl groups excluding tert-OH is 1. The topological polar surface area (TPSA) is 80.4 Å². The number of sulfonamides is 1. The zero-order valence-electron chi connectivity index (χ0n) is 9.21. The van der Waals surface area contributed by atoms with Gasteiger partial charge in [-0.15, -0.1) is 11.8 Å². The maximum Gasteiger partial charge on any atom is 0.241 e. The summed E-state index contributed by atoms with van der Waals surface area (Å²) in [5, 5.41) is 13.3. The quantitative estimate of drug-likeness (QED) is 0.645. The van der Waals surface area contributed by atoms with Gasteiger partial charge in [0.15, 0.2) is 11.6 Å². The van der Waals surface area contributed by atoms with Gasteiger partial charge in [0.2, 0.25) is 10.0 Å². The first-order valence-corrected chi connectivity index (χ1v) is 7.18. The van der Waals surface area contributed by atoms with Crippen LogP contribution in [0.5, 0.6) is 0 Å². The van der Waals surface area contributed by atoms with E-state index < -0.39 is 42.8 Å². The molecule has 0 spiro atoms. The van der Waals surface area contributed by atoms with Gasteiger partial charge in [-0.25, -0.2) is 26.7 Å². The largest absolute Gasteiger partial charge is 0.396 e. The van der Waals surface area contributed by atoms with Crippen LogP contribution in [0, 0.1) is 24.4 Å². The third kappa shape index (κ3) is 2.79. The van der Waals surface area contributed by atoms with Crippen molar-refractivity contribution in [3.05, 3.63) is 23.0 Å². The van der Waals surface area contributed by atoms with E-state index in [9.17, 15) is 21.6 Å². The predicted octanol–water partition coefficient (Wildman–Crippen LogP) is 1.14. The second-order valence-corrected chi connectivity index (χ2v) is 5.95. The maximum atomic E-state index is 13.7. The molecule has 0 bridgehead atoms. The Balaban J connectivity index is 3.56. The van der Waals surface area contributed by atoms with Crippen molar-refractivity contribution in [3.63, 3.8) is 0 Å². The molecule has 0 amide bonds. The van der Waals surface area contributed by atoms with Gasteiger partial charge >= 0.3 is 0 Å². The lowest BCUT2D eigenvalue weighted by atomic mass is 10.2. The summed E-state index contributed by atoms with van der Waals surface area (Å²) in [5.41, 5.74) is -0.586. The molecule has 1 aromatic rings. The molecule has 18 heavy (non-hydrogen) atoms. The monoisotopic (exact) mass is 301 g/mol. The number of rotatable bonds is 4. The average molecular weight is 301 g/mol. The summed E-state index contributed by atoms with van der Waals surface area (Å²) < 4.78 is 62.9. The number of thioether (sulfide) groups is 1. The molecule has 0 unspecified atom stereocenters. The molecule has 3 N–H and O–H groups in total. The second kappa shape index (κ2) is 5.47. The normalized spacial score (nSPS) is 11.9. The van der Waals surface area contributed by atoms with E-state index in [0.717, 1.165) is 6.92 Å². The molecule has 0 aromatic heterocycles. The van der Waals surface area contributed by atoms with Crippen molar-refractivity contribution >= 4 is 21.8 Å². The van der Waals surface area contributed by atoms with Crippen molar-refractivity contribution in [2.75, 3.05) is 12.4 Å². The zero-order valence-corrected chi connectivity index (χ0v) is 10.8. The van der Waals surface area contributed by atoms with Crippen LogP contribution in [0.25, 0.3) is 0 Å². The Bertz CT molecular complexity index is 546. The molecule has 9 heteroatoms. The molecule has 1 rings (SSSR count). The van der Waals surface area contributed by atoms with Crippen molar-refractivity contribution in [3.8, 4) is 0 Å². The lowest BCUT2D eigenvalue weighted by Gasteiger charge is -2.11. The van der Waals surface area contributed by atoms with E-state index in [1.54, 1.807) is 0 Å². The first-order valence-electron chi connectivity index (χ1n) is 4.65. The number of hydrogen-bond donors (Lipinski definition) is 2. The SMILES string of the molecule is Cc1c(F)c(SCCO)c(F)c(F)c1S(N)(=O)=O. The van der Waals surface area contributed by atoms with Crippen LogP contribution in [0.4, 0.5) is 13.2 Å². The van der Waals surface area contributed by atoms with E-state index in [1.807, 2.05) is 0 Å². The van der Waals surface area contributed by atoms with Gasteiger partial charge in [-0.2, -0.15) is 0 Å². The summed E-state index contributed by atoms with van der Waals surface area (Å²) in [4.78, 5) is -1.86. The molecular formula is C9H10F3NO3S2. The van der Waals surface area contributed by atoms with E-state index in [-0.39, 0.29) is 12.4 Å². The molecule has 102 valence electrons. The smallest absolute Gasteiger partial charge is 0.241 e. The Morgan fingerprint density at radius 1 is 1.22 bits per heavy atom. The number of aliphatic hydroxyl groups is 1. The lowest BCUT2D eigenvalue weighted by molar-refractivity contribution is 0.322. The lowest BCUT2D eigenvalue weighted by Crippen LogP contribution is -2.18. The minimum Gasteiger partial charge on any atom is -0.396 e. The Labute approximate surface area is 106 Å². The third-order valence-electron chi connectivity index (χ3n) is 2.08. The van der Waals surface area contributed by atoms with E-state index in [1.165, 1.54) is 0 Å². The van der Waals surface area contributed by atoms with Crippen LogP contribution in [-0.2, 0) is 10.0 Å². The zero-order chi connectivity index (χ0) is 14.1. The van der Waals surface area contributed by atoms with Gasteiger partial charge in [-0.3, -0.25) is 0 Å².